The first-order chi connectivity index (χ1) is 4.31. The highest BCUT2D eigenvalue weighted by atomic mass is 16.6. The molecule has 0 aliphatic rings. The van der Waals surface area contributed by atoms with Crippen LogP contribution in [0.5, 0.6) is 0 Å². The Morgan fingerprint density at radius 1 is 1.67 bits per heavy atom. The molecule has 0 bridgehead atoms. The van der Waals surface area contributed by atoms with Crippen molar-refractivity contribution in [2.24, 2.45) is 4.99 Å². The van der Waals surface area contributed by atoms with Crippen LogP contribution in [0.2, 0.25) is 0 Å². The fourth-order valence-electron chi connectivity index (χ4n) is 0.381. The topological polar surface area (TPSA) is 33.6 Å². The minimum Gasteiger partial charge on any atom is -0.296 e. The van der Waals surface area contributed by atoms with Crippen LogP contribution in [0.4, 0.5) is 0 Å². The Kier molecular flexibility index (Phi) is 4.82. The second-order valence-corrected chi connectivity index (χ2v) is 1.56. The molecule has 0 unspecified atom stereocenters. The fourth-order valence-corrected chi connectivity index (χ4v) is 0.381. The first-order valence-corrected chi connectivity index (χ1v) is 2.69. The van der Waals surface area contributed by atoms with Gasteiger partial charge in [-0.05, 0) is 13.0 Å². The molecule has 0 heterocycles. The smallest absolute Gasteiger partial charge is 0.0636 e. The van der Waals surface area contributed by atoms with Gasteiger partial charge in [0.1, 0.15) is 0 Å². The van der Waals surface area contributed by atoms with Crippen molar-refractivity contribution < 1.29 is 4.84 Å². The summed E-state index contributed by atoms with van der Waals surface area (Å²) in [6.45, 7) is 1.89. The molecule has 9 heavy (non-hydrogen) atoms. The Labute approximate surface area is 55.4 Å². The highest BCUT2D eigenvalue weighted by molar-refractivity contribution is 5.71. The molecule has 0 aromatic carbocycles. The first-order valence-electron chi connectivity index (χ1n) is 2.69. The SMILES string of the molecule is CN=CC=C(C)NOC. The first kappa shape index (κ1) is 8.17. The van der Waals surface area contributed by atoms with Crippen molar-refractivity contribution in [2.75, 3.05) is 14.2 Å². The molecule has 1 N–H and O–H groups in total. The molecule has 0 spiro atoms. The predicted molar refractivity (Wildman–Crippen MR) is 38.3 cm³/mol. The molecular weight excluding hydrogens is 116 g/mol. The zero-order chi connectivity index (χ0) is 7.11. The molecule has 0 atom stereocenters. The van der Waals surface area contributed by atoms with E-state index in [1.165, 1.54) is 0 Å². The number of hydrogen-bond donors (Lipinski definition) is 1. The lowest BCUT2D eigenvalue weighted by Crippen LogP contribution is -2.07. The lowest BCUT2D eigenvalue weighted by molar-refractivity contribution is 0.118. The number of nitrogens with one attached hydrogen (secondary N) is 1. The van der Waals surface area contributed by atoms with Gasteiger partial charge >= 0.3 is 0 Å². The van der Waals surface area contributed by atoms with Crippen LogP contribution in [-0.2, 0) is 4.84 Å². The summed E-state index contributed by atoms with van der Waals surface area (Å²) in [5, 5.41) is 0. The van der Waals surface area contributed by atoms with E-state index in [1.807, 2.05) is 13.0 Å². The molecule has 0 saturated carbocycles. The van der Waals surface area contributed by atoms with Crippen molar-refractivity contribution in [1.29, 1.82) is 0 Å². The molecule has 0 aromatic heterocycles. The molecule has 0 aromatic rings. The summed E-state index contributed by atoms with van der Waals surface area (Å²) >= 11 is 0. The lowest BCUT2D eigenvalue weighted by atomic mass is 10.5. The number of rotatable bonds is 3. The van der Waals surface area contributed by atoms with Crippen molar-refractivity contribution in [3.05, 3.63) is 11.8 Å². The van der Waals surface area contributed by atoms with Gasteiger partial charge in [0.05, 0.1) is 7.11 Å². The number of allylic oxidation sites excluding steroid dienone is 2. The van der Waals surface area contributed by atoms with Gasteiger partial charge in [-0.25, -0.2) is 0 Å². The quantitative estimate of drug-likeness (QED) is 0.449. The van der Waals surface area contributed by atoms with Gasteiger partial charge in [0.15, 0.2) is 0 Å². The molecule has 0 aliphatic heterocycles. The molecule has 0 saturated heterocycles. The van der Waals surface area contributed by atoms with E-state index in [1.54, 1.807) is 20.4 Å². The van der Waals surface area contributed by atoms with Crippen molar-refractivity contribution in [3.63, 3.8) is 0 Å². The highest BCUT2D eigenvalue weighted by Gasteiger charge is 1.78. The average Bonchev–Trinajstić information content (AvgIpc) is 1.85. The third-order valence-electron chi connectivity index (χ3n) is 0.737. The molecule has 52 valence electrons. The fraction of sp³-hybridized carbons (Fsp3) is 0.500. The maximum Gasteiger partial charge on any atom is 0.0636 e. The molecular formula is C6H12N2O. The Hall–Kier alpha value is -0.830. The maximum atomic E-state index is 4.62. The summed E-state index contributed by atoms with van der Waals surface area (Å²) in [7, 11) is 3.29. The third kappa shape index (κ3) is 5.03. The van der Waals surface area contributed by atoms with Crippen molar-refractivity contribution >= 4 is 6.21 Å². The van der Waals surface area contributed by atoms with Gasteiger partial charge in [-0.3, -0.25) is 15.3 Å². The van der Waals surface area contributed by atoms with Crippen LogP contribution >= 0.6 is 0 Å². The van der Waals surface area contributed by atoms with Gasteiger partial charge in [0.2, 0.25) is 0 Å². The number of hydrogen-bond acceptors (Lipinski definition) is 3. The van der Waals surface area contributed by atoms with Gasteiger partial charge in [-0.1, -0.05) is 0 Å². The zero-order valence-corrected chi connectivity index (χ0v) is 6.01. The number of aliphatic imine (C=N–C) groups is 1. The average molecular weight is 128 g/mol. The Morgan fingerprint density at radius 2 is 2.33 bits per heavy atom. The van der Waals surface area contributed by atoms with Gasteiger partial charge in [-0.2, -0.15) is 0 Å². The van der Waals surface area contributed by atoms with Crippen molar-refractivity contribution in [2.45, 2.75) is 6.92 Å². The molecule has 0 radical (unpaired) electrons. The van der Waals surface area contributed by atoms with E-state index in [9.17, 15) is 0 Å². The van der Waals surface area contributed by atoms with E-state index in [4.69, 9.17) is 0 Å². The van der Waals surface area contributed by atoms with Crippen LogP contribution in [0, 0.1) is 0 Å². The van der Waals surface area contributed by atoms with E-state index in [0.717, 1.165) is 5.70 Å². The molecule has 0 fully saturated rings. The lowest BCUT2D eigenvalue weighted by Gasteiger charge is -1.98. The monoisotopic (exact) mass is 128 g/mol. The van der Waals surface area contributed by atoms with Gasteiger partial charge in [-0.15, -0.1) is 0 Å². The van der Waals surface area contributed by atoms with Crippen LogP contribution in [0.25, 0.3) is 0 Å². The van der Waals surface area contributed by atoms with E-state index in [-0.39, 0.29) is 0 Å². The van der Waals surface area contributed by atoms with E-state index < -0.39 is 0 Å². The summed E-state index contributed by atoms with van der Waals surface area (Å²) in [6, 6.07) is 0. The van der Waals surface area contributed by atoms with Crippen LogP contribution in [-0.4, -0.2) is 20.4 Å². The number of hydroxylamine groups is 1. The van der Waals surface area contributed by atoms with Crippen LogP contribution in [0.3, 0.4) is 0 Å². The summed E-state index contributed by atoms with van der Waals surface area (Å²) in [5.74, 6) is 0. The molecule has 0 rings (SSSR count). The van der Waals surface area contributed by atoms with E-state index >= 15 is 0 Å². The molecule has 3 nitrogen and oxygen atoms in total. The largest absolute Gasteiger partial charge is 0.296 e. The second kappa shape index (κ2) is 5.31. The van der Waals surface area contributed by atoms with Crippen molar-refractivity contribution in [3.8, 4) is 0 Å². The highest BCUT2D eigenvalue weighted by Crippen LogP contribution is 1.81. The van der Waals surface area contributed by atoms with Gasteiger partial charge < -0.3 is 0 Å². The summed E-state index contributed by atoms with van der Waals surface area (Å²) in [6.07, 6.45) is 3.52. The minimum absolute atomic E-state index is 0.933. The maximum absolute atomic E-state index is 4.62. The third-order valence-corrected chi connectivity index (χ3v) is 0.737. The van der Waals surface area contributed by atoms with Crippen LogP contribution in [0.1, 0.15) is 6.92 Å². The Balaban J connectivity index is 3.55. The standard InChI is InChI=1S/C6H12N2O/c1-6(8-9-3)4-5-7-2/h4-5,8H,1-3H3. The normalized spacial score (nSPS) is 12.6. The number of nitrogens with zero attached hydrogens (tertiary/aromatic N) is 1. The summed E-state index contributed by atoms with van der Waals surface area (Å²) in [5.41, 5.74) is 3.58. The van der Waals surface area contributed by atoms with Crippen molar-refractivity contribution in [1.82, 2.24) is 5.48 Å². The van der Waals surface area contributed by atoms with E-state index in [2.05, 4.69) is 15.3 Å². The Morgan fingerprint density at radius 3 is 2.78 bits per heavy atom. The molecule has 3 heteroatoms. The van der Waals surface area contributed by atoms with Gasteiger partial charge in [0, 0.05) is 19.0 Å². The summed E-state index contributed by atoms with van der Waals surface area (Å²) < 4.78 is 0. The minimum atomic E-state index is 0.933. The van der Waals surface area contributed by atoms with Crippen LogP contribution in [0.15, 0.2) is 16.8 Å². The van der Waals surface area contributed by atoms with Gasteiger partial charge in [0.25, 0.3) is 0 Å². The summed E-state index contributed by atoms with van der Waals surface area (Å²) in [4.78, 5) is 8.38. The van der Waals surface area contributed by atoms with E-state index in [0.29, 0.717) is 0 Å². The predicted octanol–water partition coefficient (Wildman–Crippen LogP) is 0.742. The Bertz CT molecular complexity index is 118. The molecule has 0 amide bonds. The molecule has 0 aliphatic carbocycles. The second-order valence-electron chi connectivity index (χ2n) is 1.56. The van der Waals surface area contributed by atoms with Crippen LogP contribution < -0.4 is 5.48 Å². The zero-order valence-electron chi connectivity index (χ0n) is 6.01.